The van der Waals surface area contributed by atoms with Crippen molar-refractivity contribution < 1.29 is 14.3 Å². The zero-order chi connectivity index (χ0) is 13.7. The van der Waals surface area contributed by atoms with Crippen molar-refractivity contribution in [3.05, 3.63) is 42.0 Å². The number of hydrogen-bond donors (Lipinski definition) is 1. The van der Waals surface area contributed by atoms with Gasteiger partial charge in [0.1, 0.15) is 5.00 Å². The highest BCUT2D eigenvalue weighted by Crippen LogP contribution is 2.35. The van der Waals surface area contributed by atoms with Gasteiger partial charge in [-0.05, 0) is 18.6 Å². The van der Waals surface area contributed by atoms with Crippen LogP contribution in [-0.4, -0.2) is 19.0 Å². The predicted octanol–water partition coefficient (Wildman–Crippen LogP) is 3.16. The standard InChI is InChI=1S/C14H13NO3S/c1-2-18-14(17)11-8-12(19-13(11)15-9-16)10-6-4-3-5-7-10/h3-9H,2H2,1H3,(H,15,16). The first-order valence-electron chi connectivity index (χ1n) is 5.82. The molecule has 0 unspecified atom stereocenters. The van der Waals surface area contributed by atoms with Gasteiger partial charge in [0.05, 0.1) is 12.2 Å². The fourth-order valence-electron chi connectivity index (χ4n) is 1.66. The summed E-state index contributed by atoms with van der Waals surface area (Å²) in [7, 11) is 0. The Morgan fingerprint density at radius 3 is 2.74 bits per heavy atom. The van der Waals surface area contributed by atoms with Gasteiger partial charge < -0.3 is 10.1 Å². The Labute approximate surface area is 115 Å². The molecule has 98 valence electrons. The Hall–Kier alpha value is -2.14. The highest BCUT2D eigenvalue weighted by atomic mass is 32.1. The number of benzene rings is 1. The van der Waals surface area contributed by atoms with Crippen LogP contribution in [0.2, 0.25) is 0 Å². The summed E-state index contributed by atoms with van der Waals surface area (Å²) in [6, 6.07) is 11.4. The van der Waals surface area contributed by atoms with Gasteiger partial charge >= 0.3 is 5.97 Å². The highest BCUT2D eigenvalue weighted by molar-refractivity contribution is 7.20. The van der Waals surface area contributed by atoms with E-state index in [1.54, 1.807) is 13.0 Å². The van der Waals surface area contributed by atoms with Crippen molar-refractivity contribution in [1.82, 2.24) is 0 Å². The Morgan fingerprint density at radius 2 is 2.11 bits per heavy atom. The normalized spacial score (nSPS) is 9.95. The number of carbonyl (C=O) groups is 2. The van der Waals surface area contributed by atoms with E-state index < -0.39 is 5.97 Å². The number of amides is 1. The van der Waals surface area contributed by atoms with Crippen LogP contribution >= 0.6 is 11.3 Å². The lowest BCUT2D eigenvalue weighted by Crippen LogP contribution is -2.06. The highest BCUT2D eigenvalue weighted by Gasteiger charge is 2.17. The number of rotatable bonds is 5. The molecule has 4 nitrogen and oxygen atoms in total. The van der Waals surface area contributed by atoms with Crippen LogP contribution in [0.4, 0.5) is 5.00 Å². The van der Waals surface area contributed by atoms with Crippen LogP contribution in [0.3, 0.4) is 0 Å². The molecule has 0 saturated heterocycles. The van der Waals surface area contributed by atoms with Gasteiger partial charge in [-0.15, -0.1) is 11.3 Å². The summed E-state index contributed by atoms with van der Waals surface area (Å²) in [5.41, 5.74) is 1.38. The van der Waals surface area contributed by atoms with Crippen molar-refractivity contribution in [3.8, 4) is 10.4 Å². The molecule has 1 heterocycles. The number of anilines is 1. The zero-order valence-electron chi connectivity index (χ0n) is 10.4. The number of nitrogens with one attached hydrogen (secondary N) is 1. The van der Waals surface area contributed by atoms with Crippen LogP contribution in [0.15, 0.2) is 36.4 Å². The molecule has 1 aromatic carbocycles. The molecule has 0 bridgehead atoms. The fraction of sp³-hybridized carbons (Fsp3) is 0.143. The average molecular weight is 275 g/mol. The van der Waals surface area contributed by atoms with E-state index in [0.717, 1.165) is 10.4 Å². The molecule has 19 heavy (non-hydrogen) atoms. The van der Waals surface area contributed by atoms with E-state index in [4.69, 9.17) is 4.74 Å². The Morgan fingerprint density at radius 1 is 1.37 bits per heavy atom. The van der Waals surface area contributed by atoms with E-state index in [0.29, 0.717) is 23.6 Å². The Bertz CT molecular complexity index is 578. The first-order valence-corrected chi connectivity index (χ1v) is 6.64. The van der Waals surface area contributed by atoms with Crippen LogP contribution < -0.4 is 5.32 Å². The first kappa shape index (κ1) is 13.3. The van der Waals surface area contributed by atoms with E-state index in [9.17, 15) is 9.59 Å². The van der Waals surface area contributed by atoms with E-state index in [-0.39, 0.29) is 0 Å². The third-order valence-electron chi connectivity index (χ3n) is 2.48. The first-order chi connectivity index (χ1) is 9.26. The van der Waals surface area contributed by atoms with Crippen LogP contribution in [-0.2, 0) is 9.53 Å². The summed E-state index contributed by atoms with van der Waals surface area (Å²) < 4.78 is 4.98. The van der Waals surface area contributed by atoms with E-state index in [1.807, 2.05) is 30.3 Å². The van der Waals surface area contributed by atoms with Crippen LogP contribution in [0.5, 0.6) is 0 Å². The second kappa shape index (κ2) is 6.15. The molecule has 1 N–H and O–H groups in total. The summed E-state index contributed by atoms with van der Waals surface area (Å²) in [5.74, 6) is -0.426. The summed E-state index contributed by atoms with van der Waals surface area (Å²) in [6.45, 7) is 2.05. The molecule has 2 aromatic rings. The molecular formula is C14H13NO3S. The number of thiophene rings is 1. The molecule has 0 spiro atoms. The van der Waals surface area contributed by atoms with Crippen LogP contribution in [0.25, 0.3) is 10.4 Å². The molecule has 0 aliphatic rings. The molecule has 0 fully saturated rings. The summed E-state index contributed by atoms with van der Waals surface area (Å²) >= 11 is 1.35. The summed E-state index contributed by atoms with van der Waals surface area (Å²) in [4.78, 5) is 23.3. The van der Waals surface area contributed by atoms with Gasteiger partial charge in [0, 0.05) is 4.88 Å². The molecule has 0 aliphatic heterocycles. The van der Waals surface area contributed by atoms with Crippen molar-refractivity contribution in [3.63, 3.8) is 0 Å². The maximum absolute atomic E-state index is 11.8. The minimum atomic E-state index is -0.426. The Kier molecular flexibility index (Phi) is 4.30. The molecule has 0 radical (unpaired) electrons. The minimum Gasteiger partial charge on any atom is -0.462 e. The second-order valence-electron chi connectivity index (χ2n) is 3.70. The van der Waals surface area contributed by atoms with Crippen LogP contribution in [0, 0.1) is 0 Å². The number of ether oxygens (including phenoxy) is 1. The van der Waals surface area contributed by atoms with Crippen molar-refractivity contribution in [1.29, 1.82) is 0 Å². The monoisotopic (exact) mass is 275 g/mol. The van der Waals surface area contributed by atoms with Gasteiger partial charge in [-0.1, -0.05) is 30.3 Å². The molecule has 2 rings (SSSR count). The SMILES string of the molecule is CCOC(=O)c1cc(-c2ccccc2)sc1NC=O. The van der Waals surface area contributed by atoms with Gasteiger partial charge in [0.2, 0.25) is 6.41 Å². The third kappa shape index (κ3) is 3.00. The maximum Gasteiger partial charge on any atom is 0.341 e. The van der Waals surface area contributed by atoms with Crippen LogP contribution in [0.1, 0.15) is 17.3 Å². The van der Waals surface area contributed by atoms with E-state index in [2.05, 4.69) is 5.32 Å². The molecule has 0 aliphatic carbocycles. The van der Waals surface area contributed by atoms with Crippen molar-refractivity contribution in [2.75, 3.05) is 11.9 Å². The van der Waals surface area contributed by atoms with Gasteiger partial charge in [-0.25, -0.2) is 4.79 Å². The van der Waals surface area contributed by atoms with Gasteiger partial charge in [-0.2, -0.15) is 0 Å². The zero-order valence-corrected chi connectivity index (χ0v) is 11.2. The van der Waals surface area contributed by atoms with Crippen molar-refractivity contribution in [2.45, 2.75) is 6.92 Å². The molecule has 5 heteroatoms. The van der Waals surface area contributed by atoms with Crippen molar-refractivity contribution >= 4 is 28.7 Å². The smallest absolute Gasteiger partial charge is 0.341 e. The fourth-order valence-corrected chi connectivity index (χ4v) is 2.67. The Balaban J connectivity index is 2.40. The van der Waals surface area contributed by atoms with Gasteiger partial charge in [0.25, 0.3) is 0 Å². The topological polar surface area (TPSA) is 55.4 Å². The lowest BCUT2D eigenvalue weighted by atomic mass is 10.1. The summed E-state index contributed by atoms with van der Waals surface area (Å²) in [5, 5.41) is 3.05. The minimum absolute atomic E-state index is 0.301. The van der Waals surface area contributed by atoms with Gasteiger partial charge in [-0.3, -0.25) is 4.79 Å². The molecule has 0 saturated carbocycles. The lowest BCUT2D eigenvalue weighted by molar-refractivity contribution is -0.105. The quantitative estimate of drug-likeness (QED) is 0.673. The molecular weight excluding hydrogens is 262 g/mol. The maximum atomic E-state index is 11.8. The lowest BCUT2D eigenvalue weighted by Gasteiger charge is -2.01. The largest absolute Gasteiger partial charge is 0.462 e. The second-order valence-corrected chi connectivity index (χ2v) is 4.75. The van der Waals surface area contributed by atoms with E-state index in [1.165, 1.54) is 11.3 Å². The molecule has 1 amide bonds. The number of hydrogen-bond acceptors (Lipinski definition) is 4. The molecule has 1 aromatic heterocycles. The predicted molar refractivity (Wildman–Crippen MR) is 75.4 cm³/mol. The van der Waals surface area contributed by atoms with Gasteiger partial charge in [0.15, 0.2) is 0 Å². The number of esters is 1. The van der Waals surface area contributed by atoms with Crippen molar-refractivity contribution in [2.24, 2.45) is 0 Å². The summed E-state index contributed by atoms with van der Waals surface area (Å²) in [6.07, 6.45) is 0.559. The number of carbonyl (C=O) groups excluding carboxylic acids is 2. The molecule has 0 atom stereocenters. The third-order valence-corrected chi connectivity index (χ3v) is 3.59. The van der Waals surface area contributed by atoms with E-state index >= 15 is 0 Å². The average Bonchev–Trinajstić information content (AvgIpc) is 2.85.